The third kappa shape index (κ3) is 5.23. The average Bonchev–Trinajstić information content (AvgIpc) is 3.78. The Labute approximate surface area is 251 Å². The Morgan fingerprint density at radius 2 is 1.98 bits per heavy atom. The molecule has 12 heteroatoms. The number of aryl methyl sites for hydroxylation is 2. The van der Waals surface area contributed by atoms with Gasteiger partial charge in [-0.15, -0.1) is 10.2 Å². The Morgan fingerprint density at radius 1 is 1.19 bits per heavy atom. The lowest BCUT2D eigenvalue weighted by atomic mass is 9.98. The molecule has 0 atom stereocenters. The van der Waals surface area contributed by atoms with Gasteiger partial charge >= 0.3 is 6.01 Å². The SMILES string of the molecule is C=C(C(=O)Nc1ccc(-c2c(-c3ccc(Oc4nccc(C)n4)c(F)c3)c3c(N)nnc(OC)c3n2C)c(Cl)c1)C1CC1. The van der Waals surface area contributed by atoms with Crippen LogP contribution in [0.1, 0.15) is 18.5 Å². The minimum atomic E-state index is -0.641. The van der Waals surface area contributed by atoms with Crippen molar-refractivity contribution in [3.05, 3.63) is 77.3 Å². The molecular formula is C31H27ClFN7O3. The summed E-state index contributed by atoms with van der Waals surface area (Å²) < 4.78 is 28.5. The molecule has 1 saturated carbocycles. The Bertz CT molecular complexity index is 1940. The van der Waals surface area contributed by atoms with Crippen molar-refractivity contribution in [3.63, 3.8) is 0 Å². The monoisotopic (exact) mass is 599 g/mol. The zero-order chi connectivity index (χ0) is 30.4. The number of nitrogens with one attached hydrogen (secondary N) is 1. The van der Waals surface area contributed by atoms with Gasteiger partial charge in [0.05, 0.1) is 23.2 Å². The van der Waals surface area contributed by atoms with Crippen LogP contribution in [0.25, 0.3) is 33.3 Å². The summed E-state index contributed by atoms with van der Waals surface area (Å²) in [6, 6.07) is 11.5. The molecule has 0 radical (unpaired) electrons. The first kappa shape index (κ1) is 28.1. The van der Waals surface area contributed by atoms with Crippen molar-refractivity contribution >= 4 is 39.9 Å². The van der Waals surface area contributed by atoms with Crippen molar-refractivity contribution in [2.75, 3.05) is 18.2 Å². The number of benzene rings is 2. The number of nitrogens with zero attached hydrogens (tertiary/aromatic N) is 5. The van der Waals surface area contributed by atoms with E-state index in [2.05, 4.69) is 32.1 Å². The third-order valence-electron chi connectivity index (χ3n) is 7.33. The lowest BCUT2D eigenvalue weighted by Gasteiger charge is -2.14. The number of aromatic nitrogens is 5. The maximum absolute atomic E-state index is 15.5. The number of rotatable bonds is 8. The molecule has 2 aromatic carbocycles. The number of nitrogen functional groups attached to an aromatic ring is 1. The Balaban J connectivity index is 1.47. The van der Waals surface area contributed by atoms with Gasteiger partial charge in [0.2, 0.25) is 0 Å². The molecule has 0 unspecified atom stereocenters. The van der Waals surface area contributed by atoms with E-state index >= 15 is 4.39 Å². The number of nitrogens with two attached hydrogens (primary N) is 1. The normalized spacial score (nSPS) is 12.8. The summed E-state index contributed by atoms with van der Waals surface area (Å²) in [6.45, 7) is 5.70. The van der Waals surface area contributed by atoms with Crippen molar-refractivity contribution in [1.82, 2.24) is 24.7 Å². The zero-order valence-corrected chi connectivity index (χ0v) is 24.4. The second-order valence-electron chi connectivity index (χ2n) is 10.3. The van der Waals surface area contributed by atoms with Gasteiger partial charge in [0, 0.05) is 41.3 Å². The van der Waals surface area contributed by atoms with E-state index in [0.29, 0.717) is 55.3 Å². The fourth-order valence-electron chi connectivity index (χ4n) is 5.04. The molecule has 1 fully saturated rings. The maximum Gasteiger partial charge on any atom is 0.322 e. The van der Waals surface area contributed by atoms with E-state index < -0.39 is 5.82 Å². The van der Waals surface area contributed by atoms with Crippen LogP contribution >= 0.6 is 11.6 Å². The minimum absolute atomic E-state index is 0.0291. The zero-order valence-electron chi connectivity index (χ0n) is 23.6. The second-order valence-corrected chi connectivity index (χ2v) is 10.7. The molecular weight excluding hydrogens is 573 g/mol. The molecule has 3 aromatic heterocycles. The lowest BCUT2D eigenvalue weighted by Crippen LogP contribution is -2.14. The van der Waals surface area contributed by atoms with E-state index in [-0.39, 0.29) is 35.3 Å². The summed E-state index contributed by atoms with van der Waals surface area (Å²) in [5, 5.41) is 11.9. The molecule has 0 saturated heterocycles. The predicted octanol–water partition coefficient (Wildman–Crippen LogP) is 6.48. The summed E-state index contributed by atoms with van der Waals surface area (Å²) in [5.41, 5.74) is 10.9. The largest absolute Gasteiger partial charge is 0.478 e. The Hall–Kier alpha value is -5.03. The van der Waals surface area contributed by atoms with E-state index in [9.17, 15) is 4.79 Å². The van der Waals surface area contributed by atoms with Crippen LogP contribution in [0, 0.1) is 18.7 Å². The molecule has 10 nitrogen and oxygen atoms in total. The highest BCUT2D eigenvalue weighted by Gasteiger charge is 2.29. The van der Waals surface area contributed by atoms with Gasteiger partial charge in [-0.25, -0.2) is 14.4 Å². The molecule has 3 N–H and O–H groups in total. The van der Waals surface area contributed by atoms with Crippen molar-refractivity contribution < 1.29 is 18.7 Å². The second kappa shape index (κ2) is 11.0. The van der Waals surface area contributed by atoms with Crippen molar-refractivity contribution in [2.45, 2.75) is 19.8 Å². The minimum Gasteiger partial charge on any atom is -0.478 e. The molecule has 1 aliphatic carbocycles. The number of fused-ring (bicyclic) bond motifs is 1. The van der Waals surface area contributed by atoms with E-state index in [4.69, 9.17) is 26.8 Å². The van der Waals surface area contributed by atoms with E-state index in [1.165, 1.54) is 25.4 Å². The van der Waals surface area contributed by atoms with Crippen LogP contribution in [0.2, 0.25) is 5.02 Å². The predicted molar refractivity (Wildman–Crippen MR) is 163 cm³/mol. The van der Waals surface area contributed by atoms with Crippen molar-refractivity contribution in [3.8, 4) is 40.0 Å². The highest BCUT2D eigenvalue weighted by molar-refractivity contribution is 6.34. The van der Waals surface area contributed by atoms with Crippen LogP contribution in [-0.4, -0.2) is 37.7 Å². The number of halogens is 2. The van der Waals surface area contributed by atoms with Crippen LogP contribution in [0.4, 0.5) is 15.9 Å². The Kier molecular flexibility index (Phi) is 7.18. The third-order valence-corrected chi connectivity index (χ3v) is 7.65. The molecule has 0 bridgehead atoms. The summed E-state index contributed by atoms with van der Waals surface area (Å²) in [6.07, 6.45) is 3.48. The summed E-state index contributed by atoms with van der Waals surface area (Å²) in [5.74, 6) is -0.335. The molecule has 0 aliphatic heterocycles. The van der Waals surface area contributed by atoms with Gasteiger partial charge in [-0.3, -0.25) is 4.79 Å². The Morgan fingerprint density at radius 3 is 2.65 bits per heavy atom. The molecule has 3 heterocycles. The fourth-order valence-corrected chi connectivity index (χ4v) is 5.31. The first-order chi connectivity index (χ1) is 20.7. The van der Waals surface area contributed by atoms with E-state index in [0.717, 1.165) is 12.8 Å². The molecule has 0 spiro atoms. The summed E-state index contributed by atoms with van der Waals surface area (Å²) in [7, 11) is 3.28. The molecule has 5 aromatic rings. The van der Waals surface area contributed by atoms with Crippen LogP contribution in [0.5, 0.6) is 17.6 Å². The molecule has 1 aliphatic rings. The number of hydrogen-bond donors (Lipinski definition) is 2. The topological polar surface area (TPSA) is 130 Å². The van der Waals surface area contributed by atoms with Crippen LogP contribution in [-0.2, 0) is 11.8 Å². The number of hydrogen-bond acceptors (Lipinski definition) is 8. The van der Waals surface area contributed by atoms with Gasteiger partial charge < -0.3 is 25.1 Å². The average molecular weight is 600 g/mol. The first-order valence-corrected chi connectivity index (χ1v) is 13.8. The van der Waals surface area contributed by atoms with Gasteiger partial charge in [0.15, 0.2) is 17.4 Å². The highest BCUT2D eigenvalue weighted by Crippen LogP contribution is 2.47. The quantitative estimate of drug-likeness (QED) is 0.194. The van der Waals surface area contributed by atoms with E-state index in [1.54, 1.807) is 44.3 Å². The highest BCUT2D eigenvalue weighted by atomic mass is 35.5. The number of carbonyl (C=O) groups is 1. The van der Waals surface area contributed by atoms with E-state index in [1.807, 2.05) is 4.57 Å². The molecule has 1 amide bonds. The van der Waals surface area contributed by atoms with Gasteiger partial charge in [-0.2, -0.15) is 0 Å². The summed E-state index contributed by atoms with van der Waals surface area (Å²) >= 11 is 6.85. The van der Waals surface area contributed by atoms with Crippen molar-refractivity contribution in [1.29, 1.82) is 0 Å². The fraction of sp³-hybridized carbons (Fsp3) is 0.194. The summed E-state index contributed by atoms with van der Waals surface area (Å²) in [4.78, 5) is 20.8. The lowest BCUT2D eigenvalue weighted by molar-refractivity contribution is -0.113. The number of amides is 1. The van der Waals surface area contributed by atoms with Crippen LogP contribution in [0.3, 0.4) is 0 Å². The number of carbonyl (C=O) groups excluding carboxylic acids is 1. The van der Waals surface area contributed by atoms with Crippen LogP contribution in [0.15, 0.2) is 60.8 Å². The van der Waals surface area contributed by atoms with Gasteiger partial charge in [0.1, 0.15) is 5.52 Å². The number of methoxy groups -OCH3 is 1. The standard InChI is InChI=1S/C31H27ClFN7O3/c1-15-11-12-35-31(36-15)43-23-10-7-18(13-22(23)33)24-25-27(30(42-4)39-38-28(25)34)40(3)26(24)20-9-8-19(14-21(20)32)37-29(41)16(2)17-5-6-17/h7-14,17H,2,5-6H2,1,3-4H3,(H2,34,38)(H,37,41). The van der Waals surface area contributed by atoms with Crippen molar-refractivity contribution in [2.24, 2.45) is 13.0 Å². The van der Waals surface area contributed by atoms with Gasteiger partial charge in [0.25, 0.3) is 11.8 Å². The van der Waals surface area contributed by atoms with Gasteiger partial charge in [-0.1, -0.05) is 24.2 Å². The molecule has 43 heavy (non-hydrogen) atoms. The molecule has 6 rings (SSSR count). The first-order valence-electron chi connectivity index (χ1n) is 13.4. The van der Waals surface area contributed by atoms with Crippen LogP contribution < -0.4 is 20.5 Å². The number of anilines is 2. The van der Waals surface area contributed by atoms with Gasteiger partial charge in [-0.05, 0) is 67.6 Å². The number of ether oxygens (including phenoxy) is 2. The smallest absolute Gasteiger partial charge is 0.322 e. The molecule has 218 valence electrons. The maximum atomic E-state index is 15.5.